The van der Waals surface area contributed by atoms with Gasteiger partial charge in [0.25, 0.3) is 5.91 Å². The number of ether oxygens (including phenoxy) is 1. The van der Waals surface area contributed by atoms with E-state index in [9.17, 15) is 4.79 Å². The van der Waals surface area contributed by atoms with Crippen molar-refractivity contribution >= 4 is 24.0 Å². The van der Waals surface area contributed by atoms with Crippen molar-refractivity contribution in [3.63, 3.8) is 0 Å². The van der Waals surface area contributed by atoms with Gasteiger partial charge in [-0.25, -0.2) is 4.68 Å². The molecule has 0 atom stereocenters. The van der Waals surface area contributed by atoms with E-state index in [0.717, 1.165) is 37.2 Å². The Bertz CT molecular complexity index is 713. The summed E-state index contributed by atoms with van der Waals surface area (Å²) in [5.74, 6) is -0.248. The third kappa shape index (κ3) is 5.52. The molecule has 8 heteroatoms. The Morgan fingerprint density at radius 1 is 1.38 bits per heavy atom. The summed E-state index contributed by atoms with van der Waals surface area (Å²) in [5.41, 5.74) is 2.08. The molecule has 1 aliphatic rings. The lowest BCUT2D eigenvalue weighted by Crippen LogP contribution is -2.29. The van der Waals surface area contributed by atoms with Gasteiger partial charge in [-0.05, 0) is 57.5 Å². The topological polar surface area (TPSA) is 81.1 Å². The lowest BCUT2D eigenvalue weighted by atomic mass is 10.1. The monoisotopic (exact) mass is 379 g/mol. The number of carbonyl (C=O) groups is 1. The van der Waals surface area contributed by atoms with E-state index in [0.29, 0.717) is 18.3 Å². The van der Waals surface area contributed by atoms with Crippen molar-refractivity contribution in [2.24, 2.45) is 0 Å². The summed E-state index contributed by atoms with van der Waals surface area (Å²) in [7, 11) is 0. The maximum Gasteiger partial charge on any atom is 0.277 e. The van der Waals surface area contributed by atoms with Crippen LogP contribution < -0.4 is 10.6 Å². The number of halogens is 1. The van der Waals surface area contributed by atoms with Gasteiger partial charge >= 0.3 is 0 Å². The number of anilines is 1. The first-order valence-corrected chi connectivity index (χ1v) is 8.76. The van der Waals surface area contributed by atoms with E-state index < -0.39 is 0 Å². The Morgan fingerprint density at radius 2 is 2.15 bits per heavy atom. The summed E-state index contributed by atoms with van der Waals surface area (Å²) >= 11 is 0. The van der Waals surface area contributed by atoms with Crippen LogP contribution in [0.4, 0.5) is 5.69 Å². The van der Waals surface area contributed by atoms with E-state index in [4.69, 9.17) is 4.74 Å². The van der Waals surface area contributed by atoms with Gasteiger partial charge in [0.05, 0.1) is 24.9 Å². The Balaban J connectivity index is 0.00000243. The van der Waals surface area contributed by atoms with E-state index >= 15 is 0 Å². The second kappa shape index (κ2) is 9.66. The number of nitrogens with one attached hydrogen (secondary N) is 2. The molecule has 1 aromatic heterocycles. The van der Waals surface area contributed by atoms with Crippen LogP contribution in [-0.4, -0.2) is 40.1 Å². The van der Waals surface area contributed by atoms with E-state index in [-0.39, 0.29) is 24.4 Å². The minimum Gasteiger partial charge on any atom is -0.374 e. The summed E-state index contributed by atoms with van der Waals surface area (Å²) in [6.07, 6.45) is 3.91. The molecule has 7 nitrogen and oxygen atoms in total. The number of piperidine rings is 1. The molecule has 1 aliphatic heterocycles. The average molecular weight is 380 g/mol. The molecular formula is C18H26ClN5O2. The van der Waals surface area contributed by atoms with Crippen molar-refractivity contribution in [1.29, 1.82) is 0 Å². The van der Waals surface area contributed by atoms with Crippen LogP contribution in [0.5, 0.6) is 0 Å². The van der Waals surface area contributed by atoms with Gasteiger partial charge < -0.3 is 15.4 Å². The first-order chi connectivity index (χ1) is 12.1. The molecule has 142 valence electrons. The van der Waals surface area contributed by atoms with Crippen molar-refractivity contribution in [2.75, 3.05) is 18.4 Å². The summed E-state index contributed by atoms with van der Waals surface area (Å²) in [4.78, 5) is 12.4. The number of amides is 1. The smallest absolute Gasteiger partial charge is 0.277 e. The molecule has 3 rings (SSSR count). The molecule has 2 aromatic rings. The lowest BCUT2D eigenvalue weighted by molar-refractivity contribution is 0.0657. The Labute approximate surface area is 159 Å². The zero-order valence-electron chi connectivity index (χ0n) is 15.1. The molecule has 26 heavy (non-hydrogen) atoms. The molecule has 0 aliphatic carbocycles. The van der Waals surface area contributed by atoms with E-state index in [2.05, 4.69) is 20.9 Å². The van der Waals surface area contributed by atoms with E-state index in [1.165, 1.54) is 0 Å². The minimum atomic E-state index is -0.248. The van der Waals surface area contributed by atoms with Crippen LogP contribution in [0.3, 0.4) is 0 Å². The van der Waals surface area contributed by atoms with Gasteiger partial charge in [0.1, 0.15) is 0 Å². The third-order valence-corrected chi connectivity index (χ3v) is 4.19. The molecule has 0 radical (unpaired) electrons. The van der Waals surface area contributed by atoms with Crippen molar-refractivity contribution in [2.45, 2.75) is 45.4 Å². The van der Waals surface area contributed by atoms with E-state index in [1.54, 1.807) is 6.20 Å². The third-order valence-electron chi connectivity index (χ3n) is 4.19. The van der Waals surface area contributed by atoms with Gasteiger partial charge in [-0.2, -0.15) is 0 Å². The molecule has 1 amide bonds. The molecular weight excluding hydrogens is 354 g/mol. The van der Waals surface area contributed by atoms with Gasteiger partial charge in [-0.1, -0.05) is 17.3 Å². The minimum absolute atomic E-state index is 0. The average Bonchev–Trinajstić information content (AvgIpc) is 3.11. The predicted molar refractivity (Wildman–Crippen MR) is 103 cm³/mol. The Hall–Kier alpha value is -1.96. The first kappa shape index (κ1) is 20.4. The summed E-state index contributed by atoms with van der Waals surface area (Å²) in [6.45, 7) is 6.45. The highest BCUT2D eigenvalue weighted by Gasteiger charge is 2.18. The first-order valence-electron chi connectivity index (χ1n) is 8.76. The summed E-state index contributed by atoms with van der Waals surface area (Å²) < 4.78 is 7.41. The number of rotatable bonds is 6. The maximum absolute atomic E-state index is 12.4. The molecule has 2 N–H and O–H groups in total. The predicted octanol–water partition coefficient (Wildman–Crippen LogP) is 2.80. The zero-order valence-corrected chi connectivity index (χ0v) is 16.0. The quantitative estimate of drug-likeness (QED) is 0.806. The number of benzene rings is 1. The summed E-state index contributed by atoms with van der Waals surface area (Å²) in [5, 5.41) is 14.4. The number of carbonyl (C=O) groups excluding carboxylic acids is 1. The van der Waals surface area contributed by atoms with Gasteiger partial charge in [-0.3, -0.25) is 4.79 Å². The number of aromatic nitrogens is 3. The maximum atomic E-state index is 12.4. The van der Waals surface area contributed by atoms with Crippen molar-refractivity contribution in [3.05, 3.63) is 41.7 Å². The molecule has 0 unspecified atom stereocenters. The van der Waals surface area contributed by atoms with Gasteiger partial charge in [0.2, 0.25) is 0 Å². The second-order valence-electron chi connectivity index (χ2n) is 6.58. The lowest BCUT2D eigenvalue weighted by Gasteiger charge is -2.22. The van der Waals surface area contributed by atoms with Crippen LogP contribution in [0.1, 0.15) is 48.8 Å². The van der Waals surface area contributed by atoms with Gasteiger partial charge in [0, 0.05) is 5.69 Å². The molecule has 1 fully saturated rings. The highest BCUT2D eigenvalue weighted by atomic mass is 35.5. The van der Waals surface area contributed by atoms with Crippen molar-refractivity contribution in [1.82, 2.24) is 20.3 Å². The summed E-state index contributed by atoms with van der Waals surface area (Å²) in [6, 6.07) is 7.96. The molecule has 0 saturated carbocycles. The van der Waals surface area contributed by atoms with Crippen molar-refractivity contribution in [3.8, 4) is 0 Å². The van der Waals surface area contributed by atoms with Crippen LogP contribution in [0.15, 0.2) is 30.5 Å². The zero-order chi connectivity index (χ0) is 17.6. The standard InChI is InChI=1S/C18H25N5O2.ClH/c1-13(2)25-12-14-4-3-5-15(10-14)20-18(24)17-11-23(22-21-17)16-6-8-19-9-7-16;/h3-5,10-11,13,16,19H,6-9,12H2,1-2H3,(H,20,24);1H. The van der Waals surface area contributed by atoms with Crippen LogP contribution in [0, 0.1) is 0 Å². The highest BCUT2D eigenvalue weighted by Crippen LogP contribution is 2.18. The SMILES string of the molecule is CC(C)OCc1cccc(NC(=O)c2cn(C3CCNCC3)nn2)c1.Cl. The van der Waals surface area contributed by atoms with Crippen LogP contribution in [0.2, 0.25) is 0 Å². The number of nitrogens with zero attached hydrogens (tertiary/aromatic N) is 3. The van der Waals surface area contributed by atoms with Gasteiger partial charge in [-0.15, -0.1) is 17.5 Å². The van der Waals surface area contributed by atoms with E-state index in [1.807, 2.05) is 42.8 Å². The van der Waals surface area contributed by atoms with Gasteiger partial charge in [0.15, 0.2) is 5.69 Å². The fraction of sp³-hybridized carbons (Fsp3) is 0.500. The van der Waals surface area contributed by atoms with Crippen LogP contribution in [0.25, 0.3) is 0 Å². The number of hydrogen-bond acceptors (Lipinski definition) is 5. The molecule has 2 heterocycles. The molecule has 1 aromatic carbocycles. The normalized spacial score (nSPS) is 14.9. The fourth-order valence-corrected chi connectivity index (χ4v) is 2.83. The number of hydrogen-bond donors (Lipinski definition) is 2. The van der Waals surface area contributed by atoms with Crippen LogP contribution >= 0.6 is 12.4 Å². The van der Waals surface area contributed by atoms with Crippen LogP contribution in [-0.2, 0) is 11.3 Å². The Kier molecular flexibility index (Phi) is 7.56. The fourth-order valence-electron chi connectivity index (χ4n) is 2.83. The second-order valence-corrected chi connectivity index (χ2v) is 6.58. The molecule has 0 spiro atoms. The highest BCUT2D eigenvalue weighted by molar-refractivity contribution is 6.02. The molecule has 0 bridgehead atoms. The molecule has 1 saturated heterocycles. The largest absolute Gasteiger partial charge is 0.374 e. The Morgan fingerprint density at radius 3 is 2.88 bits per heavy atom. The van der Waals surface area contributed by atoms with Crippen molar-refractivity contribution < 1.29 is 9.53 Å².